The standard InChI is InChI=1S/C24H25N3O5/c1-5-32-24(29)22-20-13-26(12-16-7-8-17(30-3)11-21(16)31-4)23(28)18-10-15(2)6-9-19(18)27(20)14-25-22/h6-11,14H,5,12-13H2,1-4H3. The minimum Gasteiger partial charge on any atom is -0.497 e. The minimum atomic E-state index is -0.508. The van der Waals surface area contributed by atoms with E-state index in [-0.39, 0.29) is 31.3 Å². The summed E-state index contributed by atoms with van der Waals surface area (Å²) >= 11 is 0. The van der Waals surface area contributed by atoms with Crippen molar-refractivity contribution in [3.8, 4) is 17.2 Å². The van der Waals surface area contributed by atoms with Crippen molar-refractivity contribution in [1.82, 2.24) is 14.5 Å². The molecule has 0 aliphatic carbocycles. The number of ether oxygens (including phenoxy) is 3. The second kappa shape index (κ2) is 8.74. The van der Waals surface area contributed by atoms with Crippen LogP contribution in [-0.4, -0.2) is 47.2 Å². The summed E-state index contributed by atoms with van der Waals surface area (Å²) in [5, 5.41) is 0. The smallest absolute Gasteiger partial charge is 0.358 e. The van der Waals surface area contributed by atoms with Crippen molar-refractivity contribution in [1.29, 1.82) is 0 Å². The quantitative estimate of drug-likeness (QED) is 0.551. The molecule has 8 nitrogen and oxygen atoms in total. The lowest BCUT2D eigenvalue weighted by atomic mass is 10.1. The zero-order valence-electron chi connectivity index (χ0n) is 18.5. The van der Waals surface area contributed by atoms with Crippen LogP contribution in [0.3, 0.4) is 0 Å². The number of rotatable bonds is 6. The fourth-order valence-corrected chi connectivity index (χ4v) is 3.87. The first-order chi connectivity index (χ1) is 15.5. The first-order valence-electron chi connectivity index (χ1n) is 10.3. The SMILES string of the molecule is CCOC(=O)c1ncn2c1CN(Cc1ccc(OC)cc1OC)C(=O)c1cc(C)ccc1-2. The molecular weight excluding hydrogens is 410 g/mol. The molecule has 3 aromatic rings. The highest BCUT2D eigenvalue weighted by Crippen LogP contribution is 2.31. The summed E-state index contributed by atoms with van der Waals surface area (Å²) in [6.07, 6.45) is 1.57. The Morgan fingerprint density at radius 3 is 2.66 bits per heavy atom. The van der Waals surface area contributed by atoms with Crippen molar-refractivity contribution in [2.24, 2.45) is 0 Å². The molecule has 2 heterocycles. The summed E-state index contributed by atoms with van der Waals surface area (Å²) in [5.74, 6) is 0.632. The van der Waals surface area contributed by atoms with Gasteiger partial charge in [0.2, 0.25) is 0 Å². The van der Waals surface area contributed by atoms with Crippen LogP contribution >= 0.6 is 0 Å². The molecule has 0 bridgehead atoms. The minimum absolute atomic E-state index is 0.139. The Morgan fingerprint density at radius 1 is 1.12 bits per heavy atom. The Balaban J connectivity index is 1.81. The van der Waals surface area contributed by atoms with Gasteiger partial charge >= 0.3 is 5.97 Å². The number of nitrogens with zero attached hydrogens (tertiary/aromatic N) is 3. The molecule has 0 saturated heterocycles. The zero-order chi connectivity index (χ0) is 22.8. The topological polar surface area (TPSA) is 82.9 Å². The maximum atomic E-state index is 13.6. The highest BCUT2D eigenvalue weighted by atomic mass is 16.5. The summed E-state index contributed by atoms with van der Waals surface area (Å²) in [7, 11) is 3.17. The van der Waals surface area contributed by atoms with Gasteiger partial charge in [-0.2, -0.15) is 0 Å². The van der Waals surface area contributed by atoms with E-state index in [9.17, 15) is 9.59 Å². The van der Waals surface area contributed by atoms with E-state index in [1.165, 1.54) is 0 Å². The largest absolute Gasteiger partial charge is 0.497 e. The first-order valence-corrected chi connectivity index (χ1v) is 10.3. The van der Waals surface area contributed by atoms with Crippen LogP contribution in [0.25, 0.3) is 5.69 Å². The van der Waals surface area contributed by atoms with Crippen molar-refractivity contribution in [3.05, 3.63) is 70.8 Å². The number of imidazole rings is 1. The van der Waals surface area contributed by atoms with E-state index in [4.69, 9.17) is 14.2 Å². The third kappa shape index (κ3) is 3.79. The number of carbonyl (C=O) groups is 2. The molecule has 1 aliphatic rings. The van der Waals surface area contributed by atoms with E-state index < -0.39 is 5.97 Å². The van der Waals surface area contributed by atoms with E-state index in [2.05, 4.69) is 4.98 Å². The molecule has 4 rings (SSSR count). The normalized spacial score (nSPS) is 12.6. The lowest BCUT2D eigenvalue weighted by Gasteiger charge is -2.22. The number of aromatic nitrogens is 2. The third-order valence-corrected chi connectivity index (χ3v) is 5.46. The monoisotopic (exact) mass is 435 g/mol. The second-order valence-corrected chi connectivity index (χ2v) is 7.49. The number of amides is 1. The van der Waals surface area contributed by atoms with Crippen LogP contribution in [-0.2, 0) is 17.8 Å². The predicted octanol–water partition coefficient (Wildman–Crippen LogP) is 3.53. The van der Waals surface area contributed by atoms with Gasteiger partial charge in [0, 0.05) is 11.6 Å². The van der Waals surface area contributed by atoms with E-state index >= 15 is 0 Å². The number of methoxy groups -OCH3 is 2. The van der Waals surface area contributed by atoms with Crippen molar-refractivity contribution in [3.63, 3.8) is 0 Å². The van der Waals surface area contributed by atoms with Gasteiger partial charge in [-0.25, -0.2) is 9.78 Å². The van der Waals surface area contributed by atoms with Gasteiger partial charge < -0.3 is 19.1 Å². The van der Waals surface area contributed by atoms with Gasteiger partial charge in [-0.1, -0.05) is 11.6 Å². The van der Waals surface area contributed by atoms with Crippen LogP contribution in [0.4, 0.5) is 0 Å². The molecule has 1 amide bonds. The van der Waals surface area contributed by atoms with Crippen molar-refractivity contribution < 1.29 is 23.8 Å². The lowest BCUT2D eigenvalue weighted by Crippen LogP contribution is -2.30. The molecule has 8 heteroatoms. The molecule has 0 spiro atoms. The Hall–Kier alpha value is -3.81. The molecule has 1 aromatic heterocycles. The van der Waals surface area contributed by atoms with Gasteiger partial charge in [0.25, 0.3) is 5.91 Å². The molecule has 1 aliphatic heterocycles. The molecule has 32 heavy (non-hydrogen) atoms. The molecule has 0 fully saturated rings. The molecular formula is C24H25N3O5. The Labute approximate surface area is 186 Å². The maximum absolute atomic E-state index is 13.6. The highest BCUT2D eigenvalue weighted by molar-refractivity contribution is 5.99. The number of esters is 1. The van der Waals surface area contributed by atoms with Crippen LogP contribution in [0, 0.1) is 6.92 Å². The molecule has 0 N–H and O–H groups in total. The van der Waals surface area contributed by atoms with Crippen LogP contribution < -0.4 is 9.47 Å². The zero-order valence-corrected chi connectivity index (χ0v) is 18.5. The predicted molar refractivity (Wildman–Crippen MR) is 117 cm³/mol. The van der Waals surface area contributed by atoms with E-state index in [1.54, 1.807) is 43.0 Å². The van der Waals surface area contributed by atoms with Crippen molar-refractivity contribution >= 4 is 11.9 Å². The van der Waals surface area contributed by atoms with E-state index in [0.717, 1.165) is 11.1 Å². The summed E-state index contributed by atoms with van der Waals surface area (Å²) in [6.45, 7) is 4.40. The van der Waals surface area contributed by atoms with Gasteiger partial charge in [-0.15, -0.1) is 0 Å². The number of benzene rings is 2. The van der Waals surface area contributed by atoms with Gasteiger partial charge in [0.15, 0.2) is 5.69 Å². The van der Waals surface area contributed by atoms with Crippen LogP contribution in [0.1, 0.15) is 44.6 Å². The van der Waals surface area contributed by atoms with Crippen LogP contribution in [0.5, 0.6) is 11.5 Å². The summed E-state index contributed by atoms with van der Waals surface area (Å²) < 4.78 is 17.8. The van der Waals surface area contributed by atoms with Crippen molar-refractivity contribution in [2.45, 2.75) is 26.9 Å². The molecule has 2 aromatic carbocycles. The van der Waals surface area contributed by atoms with Gasteiger partial charge in [-0.3, -0.25) is 9.36 Å². The van der Waals surface area contributed by atoms with Gasteiger partial charge in [0.05, 0.1) is 50.9 Å². The molecule has 0 atom stereocenters. The van der Waals surface area contributed by atoms with Crippen LogP contribution in [0.2, 0.25) is 0 Å². The number of aryl methyl sites for hydroxylation is 1. The summed E-state index contributed by atoms with van der Waals surface area (Å²) in [6, 6.07) is 11.1. The van der Waals surface area contributed by atoms with Crippen LogP contribution in [0.15, 0.2) is 42.7 Å². The van der Waals surface area contributed by atoms with E-state index in [1.807, 2.05) is 37.3 Å². The Morgan fingerprint density at radius 2 is 1.94 bits per heavy atom. The number of hydrogen-bond acceptors (Lipinski definition) is 6. The van der Waals surface area contributed by atoms with E-state index in [0.29, 0.717) is 28.4 Å². The fraction of sp³-hybridized carbons (Fsp3) is 0.292. The summed E-state index contributed by atoms with van der Waals surface area (Å²) in [4.78, 5) is 32.1. The summed E-state index contributed by atoms with van der Waals surface area (Å²) in [5.41, 5.74) is 3.83. The number of hydrogen-bond donors (Lipinski definition) is 0. The molecule has 0 radical (unpaired) electrons. The number of fused-ring (bicyclic) bond motifs is 3. The van der Waals surface area contributed by atoms with Gasteiger partial charge in [0.1, 0.15) is 17.8 Å². The maximum Gasteiger partial charge on any atom is 0.358 e. The van der Waals surface area contributed by atoms with Crippen molar-refractivity contribution in [2.75, 3.05) is 20.8 Å². The first kappa shape index (κ1) is 21.4. The number of carbonyl (C=O) groups excluding carboxylic acids is 2. The molecule has 0 unspecified atom stereocenters. The molecule has 166 valence electrons. The van der Waals surface area contributed by atoms with Gasteiger partial charge in [-0.05, 0) is 38.1 Å². The lowest BCUT2D eigenvalue weighted by molar-refractivity contribution is 0.0514. The Bertz CT molecular complexity index is 1180. The average molecular weight is 435 g/mol. The highest BCUT2D eigenvalue weighted by Gasteiger charge is 2.31. The third-order valence-electron chi connectivity index (χ3n) is 5.46. The molecule has 0 saturated carbocycles. The fourth-order valence-electron chi connectivity index (χ4n) is 3.87. The average Bonchev–Trinajstić information content (AvgIpc) is 3.17. The second-order valence-electron chi connectivity index (χ2n) is 7.49. The Kier molecular flexibility index (Phi) is 5.85.